The van der Waals surface area contributed by atoms with Crippen molar-refractivity contribution in [3.8, 4) is 0 Å². The number of carboxylic acids is 1. The number of nitrogens with one attached hydrogen (secondary N) is 3. The molecule has 9 N–H and O–H groups in total. The Labute approximate surface area is 179 Å². The molecule has 0 aliphatic carbocycles. The average molecular weight is 453 g/mol. The highest BCUT2D eigenvalue weighted by Gasteiger charge is 2.35. The Hall–Kier alpha value is -1.93. The third-order valence-corrected chi connectivity index (χ3v) is 4.79. The van der Waals surface area contributed by atoms with Crippen LogP contribution in [0.1, 0.15) is 27.2 Å². The number of amides is 3. The molecule has 3 amide bonds. The summed E-state index contributed by atoms with van der Waals surface area (Å²) in [6, 6.07) is -5.66. The molecule has 0 saturated carbocycles. The first-order valence-electron chi connectivity index (χ1n) is 9.26. The molecular formula is C17H32N4O8S. The molecule has 0 heterocycles. The lowest BCUT2D eigenvalue weighted by Gasteiger charge is -2.28. The van der Waals surface area contributed by atoms with Crippen molar-refractivity contribution in [1.82, 2.24) is 16.0 Å². The van der Waals surface area contributed by atoms with Crippen molar-refractivity contribution >= 4 is 35.5 Å². The summed E-state index contributed by atoms with van der Waals surface area (Å²) in [5.41, 5.74) is 5.74. The molecule has 7 atom stereocenters. The summed E-state index contributed by atoms with van der Waals surface area (Å²) in [5, 5.41) is 44.7. The SMILES string of the molecule is CSCCC(N)C(=O)NC(C(=O)NC(C(=O)NC(C(=O)O)C(C)O)C(C)O)C(C)O. The van der Waals surface area contributed by atoms with Gasteiger partial charge in [0.2, 0.25) is 17.7 Å². The molecule has 0 aromatic carbocycles. The van der Waals surface area contributed by atoms with Crippen LogP contribution in [-0.4, -0.2) is 98.6 Å². The lowest BCUT2D eigenvalue weighted by atomic mass is 10.1. The van der Waals surface area contributed by atoms with Crippen LogP contribution in [0.5, 0.6) is 0 Å². The molecule has 0 aliphatic rings. The van der Waals surface area contributed by atoms with Gasteiger partial charge in [-0.3, -0.25) is 14.4 Å². The molecule has 0 aromatic heterocycles. The maximum atomic E-state index is 12.5. The van der Waals surface area contributed by atoms with Gasteiger partial charge in [0.15, 0.2) is 6.04 Å². The fourth-order valence-corrected chi connectivity index (χ4v) is 2.81. The van der Waals surface area contributed by atoms with Gasteiger partial charge in [0, 0.05) is 0 Å². The van der Waals surface area contributed by atoms with E-state index in [1.807, 2.05) is 11.6 Å². The largest absolute Gasteiger partial charge is 0.480 e. The smallest absolute Gasteiger partial charge is 0.328 e. The Morgan fingerprint density at radius 2 is 1.17 bits per heavy atom. The summed E-state index contributed by atoms with van der Waals surface area (Å²) in [4.78, 5) is 48.2. The molecule has 174 valence electrons. The predicted molar refractivity (Wildman–Crippen MR) is 109 cm³/mol. The maximum Gasteiger partial charge on any atom is 0.328 e. The Bertz CT molecular complexity index is 602. The molecule has 0 spiro atoms. The van der Waals surface area contributed by atoms with Gasteiger partial charge in [0.05, 0.1) is 24.4 Å². The Morgan fingerprint density at radius 3 is 1.50 bits per heavy atom. The van der Waals surface area contributed by atoms with Crippen molar-refractivity contribution < 1.29 is 39.6 Å². The molecule has 0 radical (unpaired) electrons. The van der Waals surface area contributed by atoms with Crippen LogP contribution >= 0.6 is 11.8 Å². The fourth-order valence-electron chi connectivity index (χ4n) is 2.32. The number of thioether (sulfide) groups is 1. The van der Waals surface area contributed by atoms with Crippen LogP contribution in [-0.2, 0) is 19.2 Å². The van der Waals surface area contributed by atoms with Crippen LogP contribution in [0.15, 0.2) is 0 Å². The number of aliphatic hydroxyl groups is 3. The van der Waals surface area contributed by atoms with Crippen molar-refractivity contribution in [1.29, 1.82) is 0 Å². The van der Waals surface area contributed by atoms with E-state index in [-0.39, 0.29) is 0 Å². The number of aliphatic hydroxyl groups excluding tert-OH is 3. The zero-order chi connectivity index (χ0) is 23.6. The van der Waals surface area contributed by atoms with Crippen LogP contribution in [0.3, 0.4) is 0 Å². The molecule has 0 aliphatic heterocycles. The number of rotatable bonds is 13. The predicted octanol–water partition coefficient (Wildman–Crippen LogP) is -3.25. The van der Waals surface area contributed by atoms with Gasteiger partial charge in [-0.25, -0.2) is 4.79 Å². The number of carboxylic acid groups (broad SMARTS) is 1. The number of carbonyl (C=O) groups is 4. The van der Waals surface area contributed by atoms with Gasteiger partial charge in [0.25, 0.3) is 0 Å². The highest BCUT2D eigenvalue weighted by Crippen LogP contribution is 2.03. The normalized spacial score (nSPS) is 18.1. The fraction of sp³-hybridized carbons (Fsp3) is 0.765. The van der Waals surface area contributed by atoms with Crippen molar-refractivity contribution in [2.24, 2.45) is 5.73 Å². The minimum atomic E-state index is -1.67. The van der Waals surface area contributed by atoms with Crippen LogP contribution in [0, 0.1) is 0 Å². The van der Waals surface area contributed by atoms with E-state index in [0.29, 0.717) is 12.2 Å². The third kappa shape index (κ3) is 9.26. The minimum absolute atomic E-state index is 0.343. The van der Waals surface area contributed by atoms with Crippen LogP contribution in [0.25, 0.3) is 0 Å². The first kappa shape index (κ1) is 28.1. The zero-order valence-electron chi connectivity index (χ0n) is 17.4. The second-order valence-electron chi connectivity index (χ2n) is 6.91. The molecule has 0 bridgehead atoms. The second-order valence-corrected chi connectivity index (χ2v) is 7.89. The van der Waals surface area contributed by atoms with Gasteiger partial charge < -0.3 is 42.1 Å². The van der Waals surface area contributed by atoms with Crippen LogP contribution < -0.4 is 21.7 Å². The molecular weight excluding hydrogens is 420 g/mol. The van der Waals surface area contributed by atoms with E-state index in [1.165, 1.54) is 25.6 Å². The van der Waals surface area contributed by atoms with E-state index >= 15 is 0 Å². The number of carbonyl (C=O) groups excluding carboxylic acids is 3. The highest BCUT2D eigenvalue weighted by molar-refractivity contribution is 7.98. The zero-order valence-corrected chi connectivity index (χ0v) is 18.2. The summed E-state index contributed by atoms with van der Waals surface area (Å²) in [7, 11) is 0. The average Bonchev–Trinajstić information content (AvgIpc) is 2.64. The maximum absolute atomic E-state index is 12.5. The molecule has 0 rings (SSSR count). The van der Waals surface area contributed by atoms with Crippen molar-refractivity contribution in [2.45, 2.75) is 69.7 Å². The van der Waals surface area contributed by atoms with Gasteiger partial charge in [-0.1, -0.05) is 0 Å². The van der Waals surface area contributed by atoms with E-state index in [9.17, 15) is 34.5 Å². The summed E-state index contributed by atoms with van der Waals surface area (Å²) in [6.45, 7) is 3.56. The topological polar surface area (TPSA) is 211 Å². The lowest BCUT2D eigenvalue weighted by Crippen LogP contribution is -2.62. The third-order valence-electron chi connectivity index (χ3n) is 4.14. The summed E-state index contributed by atoms with van der Waals surface area (Å²) >= 11 is 1.48. The van der Waals surface area contributed by atoms with E-state index in [1.54, 1.807) is 0 Å². The summed E-state index contributed by atoms with van der Waals surface area (Å²) < 4.78 is 0. The molecule has 0 fully saturated rings. The quantitative estimate of drug-likeness (QED) is 0.140. The standard InChI is InChI=1S/C17H32N4O8S/c1-7(22)11(19-14(25)10(18)5-6-30-4)15(26)20-12(8(2)23)16(27)21-13(9(3)24)17(28)29/h7-13,22-24H,5-6,18H2,1-4H3,(H,19,25)(H,20,26)(H,21,27)(H,28,29). The van der Waals surface area contributed by atoms with Gasteiger partial charge in [-0.15, -0.1) is 0 Å². The number of hydrogen-bond donors (Lipinski definition) is 8. The highest BCUT2D eigenvalue weighted by atomic mass is 32.2. The molecule has 7 unspecified atom stereocenters. The van der Waals surface area contributed by atoms with Crippen molar-refractivity contribution in [3.05, 3.63) is 0 Å². The van der Waals surface area contributed by atoms with Gasteiger partial charge in [-0.05, 0) is 39.2 Å². The molecule has 12 nitrogen and oxygen atoms in total. The second kappa shape index (κ2) is 13.4. The summed E-state index contributed by atoms with van der Waals surface area (Å²) in [5.74, 6) is -3.64. The lowest BCUT2D eigenvalue weighted by molar-refractivity contribution is -0.146. The van der Waals surface area contributed by atoms with Gasteiger partial charge in [0.1, 0.15) is 12.1 Å². The Balaban J connectivity index is 5.29. The molecule has 0 aromatic rings. The monoisotopic (exact) mass is 452 g/mol. The van der Waals surface area contributed by atoms with Gasteiger partial charge >= 0.3 is 5.97 Å². The summed E-state index contributed by atoms with van der Waals surface area (Å²) in [6.07, 6.45) is -2.07. The van der Waals surface area contributed by atoms with E-state index < -0.39 is 66.2 Å². The first-order chi connectivity index (χ1) is 13.8. The van der Waals surface area contributed by atoms with Crippen LogP contribution in [0.4, 0.5) is 0 Å². The first-order valence-corrected chi connectivity index (χ1v) is 10.6. The van der Waals surface area contributed by atoms with E-state index in [4.69, 9.17) is 10.8 Å². The Morgan fingerprint density at radius 1 is 0.800 bits per heavy atom. The number of hydrogen-bond acceptors (Lipinski definition) is 9. The van der Waals surface area contributed by atoms with Gasteiger partial charge in [-0.2, -0.15) is 11.8 Å². The van der Waals surface area contributed by atoms with Crippen molar-refractivity contribution in [2.75, 3.05) is 12.0 Å². The molecule has 13 heteroatoms. The molecule has 0 saturated heterocycles. The van der Waals surface area contributed by atoms with E-state index in [2.05, 4.69) is 10.6 Å². The minimum Gasteiger partial charge on any atom is -0.480 e. The van der Waals surface area contributed by atoms with Crippen molar-refractivity contribution in [3.63, 3.8) is 0 Å². The molecule has 30 heavy (non-hydrogen) atoms. The Kier molecular flexibility index (Phi) is 12.5. The number of aliphatic carboxylic acids is 1. The van der Waals surface area contributed by atoms with E-state index in [0.717, 1.165) is 6.92 Å². The number of nitrogens with two attached hydrogens (primary N) is 1. The van der Waals surface area contributed by atoms with Crippen LogP contribution in [0.2, 0.25) is 0 Å².